The molecule has 0 aromatic carbocycles. The number of carbonyl (C=O) groups is 1. The van der Waals surface area contributed by atoms with Crippen molar-refractivity contribution >= 4 is 15.8 Å². The van der Waals surface area contributed by atoms with Crippen LogP contribution in [0.3, 0.4) is 0 Å². The first-order valence-electron chi connectivity index (χ1n) is 6.67. The Morgan fingerprint density at radius 3 is 2.80 bits per heavy atom. The molecule has 1 saturated heterocycles. The summed E-state index contributed by atoms with van der Waals surface area (Å²) in [7, 11) is -3.00. The van der Waals surface area contributed by atoms with Gasteiger partial charge in [-0.3, -0.25) is 4.79 Å². The quantitative estimate of drug-likeness (QED) is 0.749. The predicted molar refractivity (Wildman–Crippen MR) is 70.0 cm³/mol. The van der Waals surface area contributed by atoms with E-state index >= 15 is 0 Å². The fourth-order valence-electron chi connectivity index (χ4n) is 2.24. The van der Waals surface area contributed by atoms with Crippen molar-refractivity contribution in [1.29, 1.82) is 0 Å². The molecule has 0 aliphatic carbocycles. The van der Waals surface area contributed by atoms with Gasteiger partial charge in [0.05, 0.1) is 18.1 Å². The molecule has 1 aromatic rings. The number of hydrogen-bond acceptors (Lipinski definition) is 7. The van der Waals surface area contributed by atoms with Crippen LogP contribution in [0.1, 0.15) is 50.2 Å². The van der Waals surface area contributed by atoms with E-state index in [1.54, 1.807) is 6.92 Å². The van der Waals surface area contributed by atoms with Crippen LogP contribution >= 0.6 is 0 Å². The molecule has 1 aliphatic rings. The van der Waals surface area contributed by atoms with Gasteiger partial charge in [-0.2, -0.15) is 4.98 Å². The Labute approximate surface area is 117 Å². The van der Waals surface area contributed by atoms with E-state index in [0.717, 1.165) is 0 Å². The van der Waals surface area contributed by atoms with Crippen molar-refractivity contribution in [3.05, 3.63) is 11.7 Å². The summed E-state index contributed by atoms with van der Waals surface area (Å²) in [5, 5.41) is 3.82. The number of sulfone groups is 1. The molecule has 2 rings (SSSR count). The largest absolute Gasteiger partial charge is 0.465 e. The van der Waals surface area contributed by atoms with E-state index in [0.29, 0.717) is 18.7 Å². The van der Waals surface area contributed by atoms with Gasteiger partial charge >= 0.3 is 5.97 Å². The Balaban J connectivity index is 2.14. The zero-order valence-electron chi connectivity index (χ0n) is 11.5. The average molecular weight is 302 g/mol. The smallest absolute Gasteiger partial charge is 0.318 e. The van der Waals surface area contributed by atoms with Crippen LogP contribution in [-0.2, 0) is 19.4 Å². The van der Waals surface area contributed by atoms with E-state index in [9.17, 15) is 13.2 Å². The van der Waals surface area contributed by atoms with Gasteiger partial charge in [0.2, 0.25) is 5.89 Å². The first-order chi connectivity index (χ1) is 9.46. The van der Waals surface area contributed by atoms with Gasteiger partial charge in [0.1, 0.15) is 5.92 Å². The van der Waals surface area contributed by atoms with Gasteiger partial charge < -0.3 is 9.26 Å². The van der Waals surface area contributed by atoms with E-state index in [1.165, 1.54) is 0 Å². The number of rotatable bonds is 5. The molecule has 0 spiro atoms. The van der Waals surface area contributed by atoms with E-state index in [4.69, 9.17) is 9.26 Å². The van der Waals surface area contributed by atoms with E-state index in [-0.39, 0.29) is 29.9 Å². The Morgan fingerprint density at radius 2 is 2.25 bits per heavy atom. The highest BCUT2D eigenvalue weighted by Crippen LogP contribution is 2.28. The third-order valence-electron chi connectivity index (χ3n) is 3.33. The monoisotopic (exact) mass is 302 g/mol. The molecule has 1 fully saturated rings. The predicted octanol–water partition coefficient (Wildman–Crippen LogP) is 1.03. The summed E-state index contributed by atoms with van der Waals surface area (Å²) in [5.74, 6) is -0.469. The van der Waals surface area contributed by atoms with E-state index in [1.807, 2.05) is 6.92 Å². The molecule has 2 heterocycles. The second-order valence-electron chi connectivity index (χ2n) is 4.80. The summed E-state index contributed by atoms with van der Waals surface area (Å²) in [4.78, 5) is 16.0. The van der Waals surface area contributed by atoms with Gasteiger partial charge in [-0.1, -0.05) is 12.1 Å². The molecule has 0 saturated carbocycles. The lowest BCUT2D eigenvalue weighted by Crippen LogP contribution is -2.16. The molecule has 1 aromatic heterocycles. The number of carbonyl (C=O) groups excluding carboxylic acids is 1. The average Bonchev–Trinajstić information content (AvgIpc) is 2.97. The van der Waals surface area contributed by atoms with E-state index < -0.39 is 21.7 Å². The fraction of sp³-hybridized carbons (Fsp3) is 0.750. The van der Waals surface area contributed by atoms with Crippen LogP contribution in [0.25, 0.3) is 0 Å². The SMILES string of the molecule is CCOC(=O)C(CC)c1nc(C2CCS(=O)(=O)C2)no1. The van der Waals surface area contributed by atoms with Gasteiger partial charge in [0, 0.05) is 5.92 Å². The Kier molecular flexibility index (Phi) is 4.42. The van der Waals surface area contributed by atoms with E-state index in [2.05, 4.69) is 10.1 Å². The first-order valence-corrected chi connectivity index (χ1v) is 8.49. The molecule has 0 radical (unpaired) electrons. The minimum atomic E-state index is -3.00. The normalized spacial score (nSPS) is 22.6. The Morgan fingerprint density at radius 1 is 1.50 bits per heavy atom. The van der Waals surface area contributed by atoms with Gasteiger partial charge in [0.25, 0.3) is 0 Å². The second kappa shape index (κ2) is 5.90. The maximum Gasteiger partial charge on any atom is 0.318 e. The maximum absolute atomic E-state index is 11.8. The van der Waals surface area contributed by atoms with Crippen LogP contribution in [0.4, 0.5) is 0 Å². The lowest BCUT2D eigenvalue weighted by Gasteiger charge is -2.08. The minimum Gasteiger partial charge on any atom is -0.465 e. The summed E-state index contributed by atoms with van der Waals surface area (Å²) in [6, 6.07) is 0. The second-order valence-corrected chi connectivity index (χ2v) is 7.03. The van der Waals surface area contributed by atoms with Crippen LogP contribution in [0, 0.1) is 0 Å². The van der Waals surface area contributed by atoms with Crippen LogP contribution in [-0.4, -0.2) is 42.6 Å². The van der Waals surface area contributed by atoms with Crippen molar-refractivity contribution in [2.45, 2.75) is 38.5 Å². The Hall–Kier alpha value is -1.44. The highest BCUT2D eigenvalue weighted by molar-refractivity contribution is 7.91. The summed E-state index contributed by atoms with van der Waals surface area (Å²) >= 11 is 0. The molecular formula is C12H18N2O5S. The molecule has 2 atom stereocenters. The zero-order chi connectivity index (χ0) is 14.8. The van der Waals surface area contributed by atoms with Crippen molar-refractivity contribution < 1.29 is 22.5 Å². The van der Waals surface area contributed by atoms with Crippen molar-refractivity contribution in [1.82, 2.24) is 10.1 Å². The summed E-state index contributed by atoms with van der Waals surface area (Å²) in [6.07, 6.45) is 0.987. The molecule has 7 nitrogen and oxygen atoms in total. The molecule has 0 N–H and O–H groups in total. The molecule has 112 valence electrons. The van der Waals surface area contributed by atoms with Crippen LogP contribution < -0.4 is 0 Å². The third kappa shape index (κ3) is 3.17. The number of hydrogen-bond donors (Lipinski definition) is 0. The Bertz CT molecular complexity index is 580. The third-order valence-corrected chi connectivity index (χ3v) is 5.10. The topological polar surface area (TPSA) is 99.4 Å². The number of aromatic nitrogens is 2. The standard InChI is InChI=1S/C12H18N2O5S/c1-3-9(12(15)18-4-2)11-13-10(14-19-11)8-5-6-20(16,17)7-8/h8-9H,3-7H2,1-2H3. The molecule has 0 bridgehead atoms. The molecule has 2 unspecified atom stereocenters. The molecule has 1 aliphatic heterocycles. The zero-order valence-corrected chi connectivity index (χ0v) is 12.4. The summed E-state index contributed by atoms with van der Waals surface area (Å²) in [6.45, 7) is 3.84. The van der Waals surface area contributed by atoms with Crippen LogP contribution in [0.2, 0.25) is 0 Å². The van der Waals surface area contributed by atoms with Crippen molar-refractivity contribution in [3.8, 4) is 0 Å². The van der Waals surface area contributed by atoms with Crippen molar-refractivity contribution in [2.24, 2.45) is 0 Å². The lowest BCUT2D eigenvalue weighted by atomic mass is 10.1. The minimum absolute atomic E-state index is 0.0438. The number of nitrogens with zero attached hydrogens (tertiary/aromatic N) is 2. The number of esters is 1. The van der Waals surface area contributed by atoms with Crippen LogP contribution in [0.5, 0.6) is 0 Å². The maximum atomic E-state index is 11.8. The van der Waals surface area contributed by atoms with Gasteiger partial charge in [-0.15, -0.1) is 0 Å². The molecule has 20 heavy (non-hydrogen) atoms. The van der Waals surface area contributed by atoms with Gasteiger partial charge in [-0.05, 0) is 19.8 Å². The summed E-state index contributed by atoms with van der Waals surface area (Å²) < 4.78 is 33.0. The highest BCUT2D eigenvalue weighted by atomic mass is 32.2. The molecular weight excluding hydrogens is 284 g/mol. The first kappa shape index (κ1) is 15.0. The molecule has 8 heteroatoms. The molecule has 0 amide bonds. The van der Waals surface area contributed by atoms with Gasteiger partial charge in [0.15, 0.2) is 15.7 Å². The lowest BCUT2D eigenvalue weighted by molar-refractivity contribution is -0.145. The highest BCUT2D eigenvalue weighted by Gasteiger charge is 2.34. The fourth-order valence-corrected chi connectivity index (χ4v) is 3.98. The van der Waals surface area contributed by atoms with Crippen molar-refractivity contribution in [2.75, 3.05) is 18.1 Å². The summed E-state index contributed by atoms with van der Waals surface area (Å²) in [5.41, 5.74) is 0. The van der Waals surface area contributed by atoms with Crippen LogP contribution in [0.15, 0.2) is 4.52 Å². The van der Waals surface area contributed by atoms with Gasteiger partial charge in [-0.25, -0.2) is 8.42 Å². The van der Waals surface area contributed by atoms with Crippen molar-refractivity contribution in [3.63, 3.8) is 0 Å². The number of ether oxygens (including phenoxy) is 1.